The van der Waals surface area contributed by atoms with Crippen LogP contribution in [0.15, 0.2) is 24.3 Å². The topological polar surface area (TPSA) is 54.5 Å². The molecule has 4 nitrogen and oxygen atoms in total. The van der Waals surface area contributed by atoms with Crippen LogP contribution in [-0.2, 0) is 20.6 Å². The lowest BCUT2D eigenvalue weighted by molar-refractivity contribution is -0.111. The Bertz CT molecular complexity index is 542. The van der Waals surface area contributed by atoms with Crippen molar-refractivity contribution in [1.29, 1.82) is 0 Å². The summed E-state index contributed by atoms with van der Waals surface area (Å²) in [6.07, 6.45) is 2.91. The Morgan fingerprint density at radius 1 is 1.26 bits per heavy atom. The molecule has 0 spiro atoms. The van der Waals surface area contributed by atoms with E-state index in [-0.39, 0.29) is 5.75 Å². The van der Waals surface area contributed by atoms with Crippen LogP contribution in [-0.4, -0.2) is 31.6 Å². The zero-order valence-corrected chi connectivity index (χ0v) is 11.3. The number of sulfonamides is 1. The van der Waals surface area contributed by atoms with Gasteiger partial charge >= 0.3 is 0 Å². The Kier molecular flexibility index (Phi) is 4.31. The van der Waals surface area contributed by atoms with Crippen molar-refractivity contribution in [3.8, 4) is 0 Å². The molecule has 1 aliphatic rings. The van der Waals surface area contributed by atoms with Crippen molar-refractivity contribution in [2.45, 2.75) is 31.1 Å². The fourth-order valence-electron chi connectivity index (χ4n) is 2.29. The van der Waals surface area contributed by atoms with Gasteiger partial charge in [0, 0.05) is 6.54 Å². The van der Waals surface area contributed by atoms with Gasteiger partial charge in [-0.15, -0.1) is 0 Å². The molecule has 19 heavy (non-hydrogen) atoms. The number of carbonyl (C=O) groups excluding carboxylic acids is 1. The third-order valence-electron chi connectivity index (χ3n) is 3.27. The van der Waals surface area contributed by atoms with Crippen LogP contribution >= 0.6 is 0 Å². The van der Waals surface area contributed by atoms with Crippen LogP contribution in [0.1, 0.15) is 24.8 Å². The van der Waals surface area contributed by atoms with E-state index >= 15 is 0 Å². The van der Waals surface area contributed by atoms with Gasteiger partial charge in [-0.25, -0.2) is 12.8 Å². The summed E-state index contributed by atoms with van der Waals surface area (Å²) in [6.45, 7) is 0.382. The first-order valence-electron chi connectivity index (χ1n) is 6.22. The normalized spacial score (nSPS) is 21.2. The number of halogens is 1. The first-order valence-corrected chi connectivity index (χ1v) is 7.83. The number of carbonyl (C=O) groups is 1. The van der Waals surface area contributed by atoms with Crippen molar-refractivity contribution in [2.75, 3.05) is 6.54 Å². The van der Waals surface area contributed by atoms with Gasteiger partial charge in [-0.1, -0.05) is 18.6 Å². The third kappa shape index (κ3) is 3.39. The predicted molar refractivity (Wildman–Crippen MR) is 69.4 cm³/mol. The highest BCUT2D eigenvalue weighted by molar-refractivity contribution is 7.88. The summed E-state index contributed by atoms with van der Waals surface area (Å²) in [4.78, 5) is 11.0. The van der Waals surface area contributed by atoms with E-state index < -0.39 is 21.9 Å². The molecule has 0 N–H and O–H groups in total. The summed E-state index contributed by atoms with van der Waals surface area (Å²) in [5.74, 6) is -0.595. The smallest absolute Gasteiger partial charge is 0.218 e. The van der Waals surface area contributed by atoms with E-state index in [4.69, 9.17) is 0 Å². The van der Waals surface area contributed by atoms with E-state index in [2.05, 4.69) is 0 Å². The number of rotatable bonds is 4. The maximum Gasteiger partial charge on any atom is 0.218 e. The van der Waals surface area contributed by atoms with Crippen molar-refractivity contribution < 1.29 is 17.6 Å². The van der Waals surface area contributed by atoms with Gasteiger partial charge < -0.3 is 4.79 Å². The number of benzene rings is 1. The van der Waals surface area contributed by atoms with Crippen molar-refractivity contribution in [1.82, 2.24) is 4.31 Å². The predicted octanol–water partition coefficient (Wildman–Crippen LogP) is 1.71. The van der Waals surface area contributed by atoms with E-state index in [1.807, 2.05) is 0 Å². The second kappa shape index (κ2) is 5.79. The molecule has 1 heterocycles. The van der Waals surface area contributed by atoms with Crippen LogP contribution in [0.2, 0.25) is 0 Å². The maximum absolute atomic E-state index is 12.8. The molecule has 0 radical (unpaired) electrons. The summed E-state index contributed by atoms with van der Waals surface area (Å²) >= 11 is 0. The largest absolute Gasteiger partial charge is 0.302 e. The Morgan fingerprint density at radius 2 is 1.95 bits per heavy atom. The van der Waals surface area contributed by atoms with Crippen LogP contribution in [0.4, 0.5) is 4.39 Å². The molecular formula is C13H16FNO3S. The molecule has 0 aliphatic carbocycles. The molecule has 6 heteroatoms. The van der Waals surface area contributed by atoms with Gasteiger partial charge in [0.25, 0.3) is 0 Å². The van der Waals surface area contributed by atoms with Crippen LogP contribution in [0.5, 0.6) is 0 Å². The molecule has 0 aromatic heterocycles. The maximum atomic E-state index is 12.8. The molecular weight excluding hydrogens is 269 g/mol. The monoisotopic (exact) mass is 285 g/mol. The summed E-state index contributed by atoms with van der Waals surface area (Å²) in [7, 11) is -3.53. The fraction of sp³-hybridized carbons (Fsp3) is 0.462. The molecule has 1 atom stereocenters. The first-order chi connectivity index (χ1) is 9.03. The molecule has 1 unspecified atom stereocenters. The molecule has 1 aromatic carbocycles. The van der Waals surface area contributed by atoms with Crippen LogP contribution in [0.3, 0.4) is 0 Å². The summed E-state index contributed by atoms with van der Waals surface area (Å²) in [6, 6.07) is 4.81. The van der Waals surface area contributed by atoms with Gasteiger partial charge in [0.15, 0.2) is 0 Å². The molecule has 1 fully saturated rings. The number of nitrogens with zero attached hydrogens (tertiary/aromatic N) is 1. The molecule has 1 saturated heterocycles. The SMILES string of the molecule is O=CC1CCCCN1S(=O)(=O)Cc1ccc(F)cc1. The number of aldehydes is 1. The minimum absolute atomic E-state index is 0.197. The van der Waals surface area contributed by atoms with Crippen LogP contribution in [0, 0.1) is 5.82 Å². The second-order valence-corrected chi connectivity index (χ2v) is 6.61. The van der Waals surface area contributed by atoms with E-state index in [9.17, 15) is 17.6 Å². The lowest BCUT2D eigenvalue weighted by Crippen LogP contribution is -2.44. The molecule has 104 valence electrons. The van der Waals surface area contributed by atoms with E-state index in [1.54, 1.807) is 0 Å². The Labute approximate surface area is 112 Å². The van der Waals surface area contributed by atoms with Gasteiger partial charge in [-0.05, 0) is 30.5 Å². The Balaban J connectivity index is 2.17. The highest BCUT2D eigenvalue weighted by Crippen LogP contribution is 2.21. The zero-order valence-electron chi connectivity index (χ0n) is 10.5. The van der Waals surface area contributed by atoms with Crippen molar-refractivity contribution in [3.05, 3.63) is 35.6 Å². The standard InChI is InChI=1S/C13H16FNO3S/c14-12-6-4-11(5-7-12)10-19(17,18)15-8-2-1-3-13(15)9-16/h4-7,9,13H,1-3,8,10H2. The van der Waals surface area contributed by atoms with Gasteiger partial charge in [0.05, 0.1) is 11.8 Å². The van der Waals surface area contributed by atoms with Gasteiger partial charge in [0.2, 0.25) is 10.0 Å². The summed E-state index contributed by atoms with van der Waals surface area (Å²) in [5, 5.41) is 0. The Morgan fingerprint density at radius 3 is 2.58 bits per heavy atom. The number of piperidine rings is 1. The average molecular weight is 285 g/mol. The number of hydrogen-bond acceptors (Lipinski definition) is 3. The second-order valence-electron chi connectivity index (χ2n) is 4.69. The lowest BCUT2D eigenvalue weighted by atomic mass is 10.1. The van der Waals surface area contributed by atoms with Gasteiger partial charge in [-0.2, -0.15) is 4.31 Å². The minimum atomic E-state index is -3.53. The average Bonchev–Trinajstić information content (AvgIpc) is 2.41. The zero-order chi connectivity index (χ0) is 13.9. The lowest BCUT2D eigenvalue weighted by Gasteiger charge is -2.31. The highest BCUT2D eigenvalue weighted by Gasteiger charge is 2.31. The molecule has 0 amide bonds. The molecule has 1 aromatic rings. The fourth-order valence-corrected chi connectivity index (χ4v) is 4.04. The van der Waals surface area contributed by atoms with Crippen LogP contribution < -0.4 is 0 Å². The summed E-state index contributed by atoms with van der Waals surface area (Å²) < 4.78 is 38.6. The third-order valence-corrected chi connectivity index (χ3v) is 5.14. The van der Waals surface area contributed by atoms with Crippen molar-refractivity contribution in [2.24, 2.45) is 0 Å². The van der Waals surface area contributed by atoms with Crippen molar-refractivity contribution >= 4 is 16.3 Å². The number of hydrogen-bond donors (Lipinski definition) is 0. The van der Waals surface area contributed by atoms with Crippen LogP contribution in [0.25, 0.3) is 0 Å². The molecule has 0 bridgehead atoms. The van der Waals surface area contributed by atoms with Gasteiger partial charge in [-0.3, -0.25) is 0 Å². The van der Waals surface area contributed by atoms with Crippen molar-refractivity contribution in [3.63, 3.8) is 0 Å². The highest BCUT2D eigenvalue weighted by atomic mass is 32.2. The Hall–Kier alpha value is -1.27. The first kappa shape index (κ1) is 14.1. The van der Waals surface area contributed by atoms with E-state index in [0.717, 1.165) is 12.8 Å². The minimum Gasteiger partial charge on any atom is -0.302 e. The molecule has 2 rings (SSSR count). The van der Waals surface area contributed by atoms with E-state index in [1.165, 1.54) is 28.6 Å². The van der Waals surface area contributed by atoms with Gasteiger partial charge in [0.1, 0.15) is 12.1 Å². The molecule has 0 saturated carbocycles. The van der Waals surface area contributed by atoms with E-state index in [0.29, 0.717) is 24.8 Å². The quantitative estimate of drug-likeness (QED) is 0.791. The molecule has 1 aliphatic heterocycles. The summed E-state index contributed by atoms with van der Waals surface area (Å²) in [5.41, 5.74) is 0.525.